The number of hydrogen-bond donors (Lipinski definition) is 2. The fourth-order valence-electron chi connectivity index (χ4n) is 2.46. The average Bonchev–Trinajstić information content (AvgIpc) is 2.59. The molecule has 0 aliphatic heterocycles. The number of benzene rings is 2. The lowest BCUT2D eigenvalue weighted by Crippen LogP contribution is -2.14. The van der Waals surface area contributed by atoms with Crippen LogP contribution in [-0.2, 0) is 9.53 Å². The number of ether oxygens (including phenoxy) is 2. The number of hydrogen-bond acceptors (Lipinski definition) is 7. The molecule has 2 N–H and O–H groups in total. The maximum atomic E-state index is 12.2. The van der Waals surface area contributed by atoms with Crippen LogP contribution in [0, 0.1) is 0 Å². The number of phenolic OH excluding ortho intramolecular Hbond substituents is 2. The number of fused-ring (bicyclic) bond motifs is 1. The lowest BCUT2D eigenvalue weighted by Gasteiger charge is -2.08. The normalized spacial score (nSPS) is 10.7. The molecule has 0 aliphatic carbocycles. The summed E-state index contributed by atoms with van der Waals surface area (Å²) >= 11 is 0. The van der Waals surface area contributed by atoms with Crippen LogP contribution in [0.15, 0.2) is 51.7 Å². The highest BCUT2D eigenvalue weighted by molar-refractivity contribution is 5.86. The standard InChI is InChI=1S/C19H16O7/c1-2-24-18(23)10-25-13-5-3-11(4-6-13)16-9-15(22)19-14(21)7-12(20)8-17(19)26-16/h3-9,20-21H,2,10H2,1H3. The maximum absolute atomic E-state index is 12.2. The zero-order valence-corrected chi connectivity index (χ0v) is 13.9. The van der Waals surface area contributed by atoms with Crippen molar-refractivity contribution in [2.75, 3.05) is 13.2 Å². The molecule has 0 saturated heterocycles. The largest absolute Gasteiger partial charge is 0.508 e. The van der Waals surface area contributed by atoms with E-state index in [1.54, 1.807) is 31.2 Å². The number of carbonyl (C=O) groups is 1. The lowest BCUT2D eigenvalue weighted by molar-refractivity contribution is -0.145. The summed E-state index contributed by atoms with van der Waals surface area (Å²) in [5.74, 6) is -0.289. The number of carbonyl (C=O) groups excluding carboxylic acids is 1. The predicted octanol–water partition coefficient (Wildman–Crippen LogP) is 2.81. The molecule has 26 heavy (non-hydrogen) atoms. The summed E-state index contributed by atoms with van der Waals surface area (Å²) in [6, 6.07) is 10.2. The molecule has 0 unspecified atom stereocenters. The van der Waals surface area contributed by atoms with Gasteiger partial charge in [0.15, 0.2) is 12.0 Å². The number of phenols is 2. The molecule has 2 aromatic carbocycles. The van der Waals surface area contributed by atoms with E-state index in [-0.39, 0.29) is 41.4 Å². The highest BCUT2D eigenvalue weighted by Crippen LogP contribution is 2.30. The van der Waals surface area contributed by atoms with Crippen molar-refractivity contribution in [1.82, 2.24) is 0 Å². The van der Waals surface area contributed by atoms with Crippen molar-refractivity contribution in [2.45, 2.75) is 6.92 Å². The van der Waals surface area contributed by atoms with Crippen LogP contribution >= 0.6 is 0 Å². The van der Waals surface area contributed by atoms with Crippen LogP contribution in [-0.4, -0.2) is 29.4 Å². The fourth-order valence-corrected chi connectivity index (χ4v) is 2.46. The van der Waals surface area contributed by atoms with Crippen molar-refractivity contribution in [3.05, 3.63) is 52.7 Å². The monoisotopic (exact) mass is 356 g/mol. The molecule has 3 rings (SSSR count). The Morgan fingerprint density at radius 2 is 1.85 bits per heavy atom. The Morgan fingerprint density at radius 3 is 2.54 bits per heavy atom. The summed E-state index contributed by atoms with van der Waals surface area (Å²) in [4.78, 5) is 23.5. The van der Waals surface area contributed by atoms with Crippen molar-refractivity contribution < 1.29 is 28.9 Å². The summed E-state index contributed by atoms with van der Waals surface area (Å²) in [5.41, 5.74) is 0.240. The highest BCUT2D eigenvalue weighted by atomic mass is 16.6. The van der Waals surface area contributed by atoms with E-state index in [0.717, 1.165) is 6.07 Å². The molecule has 0 atom stereocenters. The van der Waals surface area contributed by atoms with E-state index in [2.05, 4.69) is 0 Å². The Kier molecular flexibility index (Phi) is 4.79. The van der Waals surface area contributed by atoms with Gasteiger partial charge in [-0.2, -0.15) is 0 Å². The van der Waals surface area contributed by atoms with Gasteiger partial charge in [-0.05, 0) is 31.2 Å². The zero-order valence-electron chi connectivity index (χ0n) is 13.9. The third-order valence-electron chi connectivity index (χ3n) is 3.60. The third-order valence-corrected chi connectivity index (χ3v) is 3.60. The van der Waals surface area contributed by atoms with Crippen molar-refractivity contribution >= 4 is 16.9 Å². The molecule has 134 valence electrons. The molecule has 7 nitrogen and oxygen atoms in total. The molecule has 0 fully saturated rings. The van der Waals surface area contributed by atoms with Crippen molar-refractivity contribution in [3.8, 4) is 28.6 Å². The minimum atomic E-state index is -0.461. The molecule has 3 aromatic rings. The highest BCUT2D eigenvalue weighted by Gasteiger charge is 2.12. The summed E-state index contributed by atoms with van der Waals surface area (Å²) in [6.45, 7) is 1.80. The predicted molar refractivity (Wildman–Crippen MR) is 93.4 cm³/mol. The van der Waals surface area contributed by atoms with Crippen molar-refractivity contribution in [2.24, 2.45) is 0 Å². The maximum Gasteiger partial charge on any atom is 0.344 e. The van der Waals surface area contributed by atoms with Gasteiger partial charge in [0.25, 0.3) is 0 Å². The molecule has 0 amide bonds. The molecule has 1 heterocycles. The van der Waals surface area contributed by atoms with Crippen molar-refractivity contribution in [1.29, 1.82) is 0 Å². The molecule has 7 heteroatoms. The van der Waals surface area contributed by atoms with E-state index in [9.17, 15) is 19.8 Å². The second-order valence-electron chi connectivity index (χ2n) is 5.43. The van der Waals surface area contributed by atoms with Gasteiger partial charge >= 0.3 is 5.97 Å². The SMILES string of the molecule is CCOC(=O)COc1ccc(-c2cc(=O)c3c(O)cc(O)cc3o2)cc1. The summed E-state index contributed by atoms with van der Waals surface area (Å²) in [7, 11) is 0. The molecule has 0 aliphatic rings. The minimum Gasteiger partial charge on any atom is -0.508 e. The van der Waals surface area contributed by atoms with Gasteiger partial charge in [0.1, 0.15) is 34.0 Å². The van der Waals surface area contributed by atoms with Crippen LogP contribution in [0.5, 0.6) is 17.2 Å². The van der Waals surface area contributed by atoms with Crippen LogP contribution in [0.1, 0.15) is 6.92 Å². The first-order valence-electron chi connectivity index (χ1n) is 7.86. The Morgan fingerprint density at radius 1 is 1.12 bits per heavy atom. The van der Waals surface area contributed by atoms with Gasteiger partial charge in [0.2, 0.25) is 0 Å². The van der Waals surface area contributed by atoms with Crippen LogP contribution in [0.25, 0.3) is 22.3 Å². The molecule has 0 radical (unpaired) electrons. The molecule has 0 bridgehead atoms. The molecular weight excluding hydrogens is 340 g/mol. The van der Waals surface area contributed by atoms with Crippen LogP contribution in [0.2, 0.25) is 0 Å². The van der Waals surface area contributed by atoms with Crippen LogP contribution < -0.4 is 10.2 Å². The zero-order chi connectivity index (χ0) is 18.7. The minimum absolute atomic E-state index is 0.000870. The fraction of sp³-hybridized carbons (Fsp3) is 0.158. The molecule has 1 aromatic heterocycles. The average molecular weight is 356 g/mol. The smallest absolute Gasteiger partial charge is 0.344 e. The van der Waals surface area contributed by atoms with Gasteiger partial charge < -0.3 is 24.1 Å². The first kappa shape index (κ1) is 17.3. The van der Waals surface area contributed by atoms with E-state index < -0.39 is 11.4 Å². The van der Waals surface area contributed by atoms with Gasteiger partial charge in [-0.3, -0.25) is 4.79 Å². The number of aromatic hydroxyl groups is 2. The van der Waals surface area contributed by atoms with Gasteiger partial charge in [0.05, 0.1) is 6.61 Å². The first-order chi connectivity index (χ1) is 12.5. The Bertz CT molecular complexity index is 1000. The molecule has 0 saturated carbocycles. The van der Waals surface area contributed by atoms with Crippen molar-refractivity contribution in [3.63, 3.8) is 0 Å². The van der Waals surface area contributed by atoms with E-state index in [1.165, 1.54) is 12.1 Å². The van der Waals surface area contributed by atoms with Gasteiger partial charge in [-0.1, -0.05) is 0 Å². The van der Waals surface area contributed by atoms with Crippen LogP contribution in [0.3, 0.4) is 0 Å². The number of rotatable bonds is 5. The Labute approximate surface area is 148 Å². The second kappa shape index (κ2) is 7.18. The third kappa shape index (κ3) is 3.61. The van der Waals surface area contributed by atoms with Gasteiger partial charge in [0, 0.05) is 23.8 Å². The Hall–Kier alpha value is -3.48. The Balaban J connectivity index is 1.87. The van der Waals surface area contributed by atoms with E-state index >= 15 is 0 Å². The quantitative estimate of drug-likeness (QED) is 0.677. The van der Waals surface area contributed by atoms with Crippen LogP contribution in [0.4, 0.5) is 0 Å². The van der Waals surface area contributed by atoms with E-state index in [0.29, 0.717) is 11.3 Å². The summed E-state index contributed by atoms with van der Waals surface area (Å²) < 4.78 is 15.7. The topological polar surface area (TPSA) is 106 Å². The lowest BCUT2D eigenvalue weighted by atomic mass is 10.1. The summed E-state index contributed by atoms with van der Waals surface area (Å²) in [5, 5.41) is 19.4. The molecular formula is C19H16O7. The van der Waals surface area contributed by atoms with E-state index in [4.69, 9.17) is 13.9 Å². The molecule has 0 spiro atoms. The number of esters is 1. The first-order valence-corrected chi connectivity index (χ1v) is 7.86. The van der Waals surface area contributed by atoms with Gasteiger partial charge in [-0.15, -0.1) is 0 Å². The summed E-state index contributed by atoms with van der Waals surface area (Å²) in [6.07, 6.45) is 0. The van der Waals surface area contributed by atoms with E-state index in [1.807, 2.05) is 0 Å². The van der Waals surface area contributed by atoms with Gasteiger partial charge in [-0.25, -0.2) is 4.79 Å². The second-order valence-corrected chi connectivity index (χ2v) is 5.43.